The lowest BCUT2D eigenvalue weighted by atomic mass is 9.96. The molecule has 2 atom stereocenters. The highest BCUT2D eigenvalue weighted by Gasteiger charge is 2.19. The molecule has 1 aromatic rings. The first-order valence-corrected chi connectivity index (χ1v) is 12.0. The van der Waals surface area contributed by atoms with Gasteiger partial charge in [-0.1, -0.05) is 84.8 Å². The van der Waals surface area contributed by atoms with E-state index in [1.54, 1.807) is 24.3 Å². The normalized spacial score (nSPS) is 12.9. The molecule has 0 spiro atoms. The zero-order valence-electron chi connectivity index (χ0n) is 19.6. The van der Waals surface area contributed by atoms with Crippen LogP contribution in [0.2, 0.25) is 0 Å². The molecule has 0 fully saturated rings. The molecule has 0 unspecified atom stereocenters. The van der Waals surface area contributed by atoms with Crippen molar-refractivity contribution in [3.63, 3.8) is 0 Å². The fourth-order valence-corrected chi connectivity index (χ4v) is 3.65. The molecular weight excluding hydrogens is 376 g/mol. The van der Waals surface area contributed by atoms with Gasteiger partial charge in [0.25, 0.3) is 0 Å². The quantitative estimate of drug-likeness (QED) is 0.210. The van der Waals surface area contributed by atoms with Gasteiger partial charge in [-0.05, 0) is 43.2 Å². The SMILES string of the molecule is CCCC[C@@H](C)CCCOC(=O)c1ccccc1C(=O)OCC[C@@H](CC)CCCC. The number of esters is 2. The summed E-state index contributed by atoms with van der Waals surface area (Å²) in [7, 11) is 0. The fraction of sp³-hybridized carbons (Fsp3) is 0.692. The minimum Gasteiger partial charge on any atom is -0.462 e. The van der Waals surface area contributed by atoms with Crippen molar-refractivity contribution >= 4 is 11.9 Å². The Balaban J connectivity index is 2.49. The van der Waals surface area contributed by atoms with E-state index in [4.69, 9.17) is 9.47 Å². The van der Waals surface area contributed by atoms with Gasteiger partial charge < -0.3 is 9.47 Å². The van der Waals surface area contributed by atoms with E-state index in [0.717, 1.165) is 25.7 Å². The van der Waals surface area contributed by atoms with Crippen LogP contribution in [0.15, 0.2) is 24.3 Å². The van der Waals surface area contributed by atoms with Gasteiger partial charge in [-0.25, -0.2) is 9.59 Å². The van der Waals surface area contributed by atoms with E-state index in [-0.39, 0.29) is 0 Å². The number of unbranched alkanes of at least 4 members (excludes halogenated alkanes) is 2. The van der Waals surface area contributed by atoms with Crippen molar-refractivity contribution in [2.24, 2.45) is 11.8 Å². The number of hydrogen-bond acceptors (Lipinski definition) is 4. The summed E-state index contributed by atoms with van der Waals surface area (Å²) < 4.78 is 10.9. The predicted octanol–water partition coefficient (Wildman–Crippen LogP) is 7.21. The zero-order valence-corrected chi connectivity index (χ0v) is 19.6. The van der Waals surface area contributed by atoms with Crippen LogP contribution in [0.4, 0.5) is 0 Å². The molecule has 0 heterocycles. The van der Waals surface area contributed by atoms with Crippen molar-refractivity contribution in [2.75, 3.05) is 13.2 Å². The third-order valence-corrected chi connectivity index (χ3v) is 5.79. The average Bonchev–Trinajstić information content (AvgIpc) is 2.77. The Hall–Kier alpha value is -1.84. The average molecular weight is 419 g/mol. The maximum absolute atomic E-state index is 12.5. The Morgan fingerprint density at radius 1 is 0.767 bits per heavy atom. The van der Waals surface area contributed by atoms with Crippen molar-refractivity contribution in [1.82, 2.24) is 0 Å². The largest absolute Gasteiger partial charge is 0.462 e. The smallest absolute Gasteiger partial charge is 0.339 e. The highest BCUT2D eigenvalue weighted by Crippen LogP contribution is 2.18. The van der Waals surface area contributed by atoms with Crippen LogP contribution in [0, 0.1) is 11.8 Å². The number of rotatable bonds is 16. The Kier molecular flexibility index (Phi) is 13.9. The first-order valence-electron chi connectivity index (χ1n) is 12.0. The zero-order chi connectivity index (χ0) is 22.2. The Morgan fingerprint density at radius 2 is 1.30 bits per heavy atom. The van der Waals surface area contributed by atoms with E-state index in [1.165, 1.54) is 38.5 Å². The lowest BCUT2D eigenvalue weighted by Gasteiger charge is -2.15. The van der Waals surface area contributed by atoms with Gasteiger partial charge in [0, 0.05) is 0 Å². The number of carbonyl (C=O) groups is 2. The summed E-state index contributed by atoms with van der Waals surface area (Å²) in [4.78, 5) is 25.0. The summed E-state index contributed by atoms with van der Waals surface area (Å²) in [5, 5.41) is 0. The number of ether oxygens (including phenoxy) is 2. The van der Waals surface area contributed by atoms with Crippen molar-refractivity contribution in [1.29, 1.82) is 0 Å². The maximum atomic E-state index is 12.5. The highest BCUT2D eigenvalue weighted by molar-refractivity contribution is 6.03. The Labute approximate surface area is 183 Å². The molecule has 0 aliphatic heterocycles. The molecule has 0 aliphatic rings. The van der Waals surface area contributed by atoms with Crippen molar-refractivity contribution < 1.29 is 19.1 Å². The van der Waals surface area contributed by atoms with Crippen LogP contribution in [0.25, 0.3) is 0 Å². The van der Waals surface area contributed by atoms with E-state index in [2.05, 4.69) is 27.7 Å². The van der Waals surface area contributed by atoms with Crippen LogP contribution in [0.5, 0.6) is 0 Å². The molecule has 0 saturated heterocycles. The van der Waals surface area contributed by atoms with Gasteiger partial charge >= 0.3 is 11.9 Å². The summed E-state index contributed by atoms with van der Waals surface area (Å²) in [6.07, 6.45) is 11.1. The molecule has 30 heavy (non-hydrogen) atoms. The number of carbonyl (C=O) groups excluding carboxylic acids is 2. The van der Waals surface area contributed by atoms with Gasteiger partial charge in [-0.2, -0.15) is 0 Å². The van der Waals surface area contributed by atoms with Crippen LogP contribution in [-0.2, 0) is 9.47 Å². The molecule has 1 rings (SSSR count). The van der Waals surface area contributed by atoms with Gasteiger partial charge in [0.15, 0.2) is 0 Å². The van der Waals surface area contributed by atoms with E-state index in [1.807, 2.05) is 0 Å². The van der Waals surface area contributed by atoms with Gasteiger partial charge in [0.2, 0.25) is 0 Å². The minimum atomic E-state index is -0.446. The van der Waals surface area contributed by atoms with Crippen molar-refractivity contribution in [3.05, 3.63) is 35.4 Å². The maximum Gasteiger partial charge on any atom is 0.339 e. The summed E-state index contributed by atoms with van der Waals surface area (Å²) in [6, 6.07) is 6.77. The van der Waals surface area contributed by atoms with Crippen LogP contribution >= 0.6 is 0 Å². The van der Waals surface area contributed by atoms with E-state index >= 15 is 0 Å². The third-order valence-electron chi connectivity index (χ3n) is 5.79. The standard InChI is InChI=1S/C26H42O4/c1-5-8-13-21(4)14-12-19-29-25(27)23-16-10-11-17-24(23)26(28)30-20-18-22(7-3)15-9-6-2/h10-11,16-17,21-22H,5-9,12-15,18-20H2,1-4H3/t21-,22+/m1/s1. The minimum absolute atomic E-state index is 0.291. The molecule has 4 heteroatoms. The predicted molar refractivity (Wildman–Crippen MR) is 123 cm³/mol. The topological polar surface area (TPSA) is 52.6 Å². The van der Waals surface area contributed by atoms with E-state index in [0.29, 0.717) is 36.2 Å². The second-order valence-corrected chi connectivity index (χ2v) is 8.41. The van der Waals surface area contributed by atoms with Crippen molar-refractivity contribution in [2.45, 2.75) is 91.9 Å². The lowest BCUT2D eigenvalue weighted by molar-refractivity contribution is 0.0439. The monoisotopic (exact) mass is 418 g/mol. The van der Waals surface area contributed by atoms with Gasteiger partial charge in [-0.15, -0.1) is 0 Å². The Bertz CT molecular complexity index is 611. The summed E-state index contributed by atoms with van der Waals surface area (Å²) in [5.74, 6) is 0.340. The fourth-order valence-electron chi connectivity index (χ4n) is 3.65. The molecule has 0 N–H and O–H groups in total. The molecule has 0 aromatic heterocycles. The summed E-state index contributed by atoms with van der Waals surface area (Å²) in [5.41, 5.74) is 0.583. The van der Waals surface area contributed by atoms with Gasteiger partial charge in [0.05, 0.1) is 24.3 Å². The molecule has 170 valence electrons. The second kappa shape index (κ2) is 15.9. The number of hydrogen-bond donors (Lipinski definition) is 0. The van der Waals surface area contributed by atoms with E-state index in [9.17, 15) is 9.59 Å². The molecule has 1 aromatic carbocycles. The lowest BCUT2D eigenvalue weighted by Crippen LogP contribution is -2.16. The molecule has 0 radical (unpaired) electrons. The highest BCUT2D eigenvalue weighted by atomic mass is 16.5. The Morgan fingerprint density at radius 3 is 1.87 bits per heavy atom. The van der Waals surface area contributed by atoms with Gasteiger partial charge in [-0.3, -0.25) is 0 Å². The molecule has 0 amide bonds. The van der Waals surface area contributed by atoms with Crippen LogP contribution in [0.1, 0.15) is 113 Å². The van der Waals surface area contributed by atoms with Crippen LogP contribution in [0.3, 0.4) is 0 Å². The molecular formula is C26H42O4. The first kappa shape index (κ1) is 26.2. The second-order valence-electron chi connectivity index (χ2n) is 8.41. The molecule has 0 saturated carbocycles. The van der Waals surface area contributed by atoms with Crippen LogP contribution < -0.4 is 0 Å². The molecule has 0 bridgehead atoms. The third kappa shape index (κ3) is 10.3. The van der Waals surface area contributed by atoms with Gasteiger partial charge in [0.1, 0.15) is 0 Å². The summed E-state index contributed by atoms with van der Waals surface area (Å²) in [6.45, 7) is 9.59. The van der Waals surface area contributed by atoms with Crippen molar-refractivity contribution in [3.8, 4) is 0 Å². The van der Waals surface area contributed by atoms with E-state index < -0.39 is 11.9 Å². The molecule has 4 nitrogen and oxygen atoms in total. The van der Waals surface area contributed by atoms with Crippen LogP contribution in [-0.4, -0.2) is 25.2 Å². The first-order chi connectivity index (χ1) is 14.5. The molecule has 0 aliphatic carbocycles. The number of benzene rings is 1. The summed E-state index contributed by atoms with van der Waals surface area (Å²) >= 11 is 0.